The van der Waals surface area contributed by atoms with Gasteiger partial charge < -0.3 is 10.3 Å². The highest BCUT2D eigenvalue weighted by Gasteiger charge is 2.24. The molecule has 136 valence electrons. The zero-order chi connectivity index (χ0) is 18.7. The summed E-state index contributed by atoms with van der Waals surface area (Å²) in [5, 5.41) is 2.07. The molecule has 0 saturated carbocycles. The second kappa shape index (κ2) is 7.87. The first-order valence-electron chi connectivity index (χ1n) is 8.83. The number of aryl methyl sites for hydroxylation is 1. The third kappa shape index (κ3) is 3.58. The molecule has 5 heteroatoms. The fraction of sp³-hybridized carbons (Fsp3) is 0.286. The van der Waals surface area contributed by atoms with E-state index in [9.17, 15) is 9.18 Å². The quantitative estimate of drug-likeness (QED) is 0.628. The van der Waals surface area contributed by atoms with Crippen LogP contribution in [0.25, 0.3) is 11.1 Å². The Hall–Kier alpha value is -2.40. The standard InChI is InChI=1S/C21H23FN2OS/c1-3-6-18-20(15-7-4-8-16(22)13-15)19(21(23)25)14(2)24(18)11-10-17-9-5-12-26-17/h4-5,7-9,12-13H,3,6,10-11H2,1-2H3,(H2,23,25). The highest BCUT2D eigenvalue weighted by Crippen LogP contribution is 2.34. The molecular weight excluding hydrogens is 347 g/mol. The normalized spacial score (nSPS) is 11.0. The average molecular weight is 370 g/mol. The van der Waals surface area contributed by atoms with Crippen LogP contribution in [0.5, 0.6) is 0 Å². The van der Waals surface area contributed by atoms with E-state index in [0.717, 1.165) is 42.8 Å². The van der Waals surface area contributed by atoms with Crippen molar-refractivity contribution in [2.45, 2.75) is 39.7 Å². The predicted octanol–water partition coefficient (Wildman–Crippen LogP) is 4.96. The molecule has 1 aromatic carbocycles. The van der Waals surface area contributed by atoms with E-state index in [2.05, 4.69) is 22.9 Å². The summed E-state index contributed by atoms with van der Waals surface area (Å²) in [6, 6.07) is 10.6. The van der Waals surface area contributed by atoms with Gasteiger partial charge in [0, 0.05) is 28.4 Å². The lowest BCUT2D eigenvalue weighted by molar-refractivity contribution is 0.1000. The fourth-order valence-corrected chi connectivity index (χ4v) is 4.23. The summed E-state index contributed by atoms with van der Waals surface area (Å²) in [5.74, 6) is -0.779. The lowest BCUT2D eigenvalue weighted by Crippen LogP contribution is -2.13. The molecule has 0 spiro atoms. The van der Waals surface area contributed by atoms with Gasteiger partial charge in [-0.25, -0.2) is 4.39 Å². The van der Waals surface area contributed by atoms with Gasteiger partial charge in [-0.05, 0) is 48.9 Å². The van der Waals surface area contributed by atoms with Gasteiger partial charge in [-0.1, -0.05) is 31.5 Å². The molecular formula is C21H23FN2OS. The second-order valence-corrected chi connectivity index (χ2v) is 7.42. The van der Waals surface area contributed by atoms with Gasteiger partial charge in [0.05, 0.1) is 5.56 Å². The van der Waals surface area contributed by atoms with Crippen molar-refractivity contribution in [3.8, 4) is 11.1 Å². The minimum atomic E-state index is -0.464. The number of carbonyl (C=O) groups is 1. The van der Waals surface area contributed by atoms with Crippen molar-refractivity contribution in [1.29, 1.82) is 0 Å². The first-order chi connectivity index (χ1) is 12.5. The number of aromatic nitrogens is 1. The van der Waals surface area contributed by atoms with Crippen LogP contribution in [0.2, 0.25) is 0 Å². The molecule has 1 amide bonds. The molecule has 3 aromatic rings. The molecule has 2 aromatic heterocycles. The van der Waals surface area contributed by atoms with Crippen LogP contribution in [0.3, 0.4) is 0 Å². The SMILES string of the molecule is CCCc1c(-c2cccc(F)c2)c(C(N)=O)c(C)n1CCc1cccs1. The average Bonchev–Trinajstić information content (AvgIpc) is 3.20. The van der Waals surface area contributed by atoms with Gasteiger partial charge in [0.2, 0.25) is 0 Å². The molecule has 0 fully saturated rings. The summed E-state index contributed by atoms with van der Waals surface area (Å²) >= 11 is 1.73. The van der Waals surface area contributed by atoms with Gasteiger partial charge in [0.1, 0.15) is 5.82 Å². The predicted molar refractivity (Wildman–Crippen MR) is 105 cm³/mol. The minimum Gasteiger partial charge on any atom is -0.366 e. The fourth-order valence-electron chi connectivity index (χ4n) is 3.53. The summed E-state index contributed by atoms with van der Waals surface area (Å²) in [6.07, 6.45) is 2.64. The van der Waals surface area contributed by atoms with E-state index >= 15 is 0 Å². The zero-order valence-electron chi connectivity index (χ0n) is 15.1. The van der Waals surface area contributed by atoms with Crippen molar-refractivity contribution >= 4 is 17.2 Å². The second-order valence-electron chi connectivity index (χ2n) is 6.39. The number of thiophene rings is 1. The molecule has 0 aliphatic carbocycles. The Kier molecular flexibility index (Phi) is 5.57. The van der Waals surface area contributed by atoms with Gasteiger partial charge in [-0.15, -0.1) is 11.3 Å². The molecule has 0 unspecified atom stereocenters. The molecule has 0 bridgehead atoms. The van der Waals surface area contributed by atoms with E-state index in [0.29, 0.717) is 11.1 Å². The molecule has 3 nitrogen and oxygen atoms in total. The lowest BCUT2D eigenvalue weighted by Gasteiger charge is -2.12. The number of primary amides is 1. The maximum absolute atomic E-state index is 13.8. The molecule has 2 N–H and O–H groups in total. The van der Waals surface area contributed by atoms with Crippen molar-refractivity contribution in [2.24, 2.45) is 5.73 Å². The van der Waals surface area contributed by atoms with E-state index in [-0.39, 0.29) is 5.82 Å². The maximum atomic E-state index is 13.8. The van der Waals surface area contributed by atoms with Gasteiger partial charge in [0.25, 0.3) is 5.91 Å². The van der Waals surface area contributed by atoms with Crippen LogP contribution in [0, 0.1) is 12.7 Å². The molecule has 0 aliphatic heterocycles. The van der Waals surface area contributed by atoms with Crippen LogP contribution >= 0.6 is 11.3 Å². The maximum Gasteiger partial charge on any atom is 0.251 e. The van der Waals surface area contributed by atoms with Gasteiger partial charge in [0.15, 0.2) is 0 Å². The van der Waals surface area contributed by atoms with Crippen LogP contribution < -0.4 is 5.73 Å². The summed E-state index contributed by atoms with van der Waals surface area (Å²) in [5.41, 5.74) is 9.62. The van der Waals surface area contributed by atoms with Crippen molar-refractivity contribution in [1.82, 2.24) is 4.57 Å². The number of hydrogen-bond acceptors (Lipinski definition) is 2. The van der Waals surface area contributed by atoms with E-state index in [1.807, 2.05) is 19.1 Å². The Labute approximate surface area is 157 Å². The lowest BCUT2D eigenvalue weighted by atomic mass is 9.98. The molecule has 3 rings (SSSR count). The van der Waals surface area contributed by atoms with E-state index < -0.39 is 5.91 Å². The Balaban J connectivity index is 2.14. The molecule has 0 radical (unpaired) electrons. The van der Waals surface area contributed by atoms with E-state index in [1.165, 1.54) is 17.0 Å². The number of nitrogens with zero attached hydrogens (tertiary/aromatic N) is 1. The third-order valence-corrected chi connectivity index (χ3v) is 5.58. The zero-order valence-corrected chi connectivity index (χ0v) is 15.9. The molecule has 26 heavy (non-hydrogen) atoms. The largest absolute Gasteiger partial charge is 0.366 e. The molecule has 0 saturated heterocycles. The third-order valence-electron chi connectivity index (χ3n) is 4.64. The van der Waals surface area contributed by atoms with Crippen molar-refractivity contribution < 1.29 is 9.18 Å². The molecule has 0 atom stereocenters. The van der Waals surface area contributed by atoms with Crippen LogP contribution in [-0.2, 0) is 19.4 Å². The minimum absolute atomic E-state index is 0.315. The number of carbonyl (C=O) groups excluding carboxylic acids is 1. The highest BCUT2D eigenvalue weighted by atomic mass is 32.1. The van der Waals surface area contributed by atoms with Gasteiger partial charge in [-0.2, -0.15) is 0 Å². The Bertz CT molecular complexity index is 912. The number of rotatable bonds is 7. The summed E-state index contributed by atoms with van der Waals surface area (Å²) in [4.78, 5) is 13.5. The number of benzene rings is 1. The van der Waals surface area contributed by atoms with Crippen molar-refractivity contribution in [3.05, 3.63) is 69.4 Å². The van der Waals surface area contributed by atoms with E-state index in [4.69, 9.17) is 5.73 Å². The highest BCUT2D eigenvalue weighted by molar-refractivity contribution is 7.09. The van der Waals surface area contributed by atoms with Crippen LogP contribution in [-0.4, -0.2) is 10.5 Å². The summed E-state index contributed by atoms with van der Waals surface area (Å²) in [7, 11) is 0. The van der Waals surface area contributed by atoms with Crippen LogP contribution in [0.4, 0.5) is 4.39 Å². The first-order valence-corrected chi connectivity index (χ1v) is 9.71. The molecule has 2 heterocycles. The Morgan fingerprint density at radius 1 is 1.23 bits per heavy atom. The van der Waals surface area contributed by atoms with Crippen LogP contribution in [0.15, 0.2) is 41.8 Å². The topological polar surface area (TPSA) is 48.0 Å². The number of nitrogens with two attached hydrogens (primary N) is 1. The van der Waals surface area contributed by atoms with Gasteiger partial charge >= 0.3 is 0 Å². The van der Waals surface area contributed by atoms with Crippen LogP contribution in [0.1, 0.15) is 40.0 Å². The smallest absolute Gasteiger partial charge is 0.251 e. The summed E-state index contributed by atoms with van der Waals surface area (Å²) in [6.45, 7) is 4.80. The number of halogens is 1. The number of amides is 1. The Morgan fingerprint density at radius 2 is 2.04 bits per heavy atom. The molecule has 0 aliphatic rings. The first kappa shape index (κ1) is 18.4. The van der Waals surface area contributed by atoms with Crippen molar-refractivity contribution in [3.63, 3.8) is 0 Å². The Morgan fingerprint density at radius 3 is 2.65 bits per heavy atom. The van der Waals surface area contributed by atoms with Crippen molar-refractivity contribution in [2.75, 3.05) is 0 Å². The summed E-state index contributed by atoms with van der Waals surface area (Å²) < 4.78 is 16.0. The van der Waals surface area contributed by atoms with E-state index in [1.54, 1.807) is 17.4 Å². The monoisotopic (exact) mass is 370 g/mol. The van der Waals surface area contributed by atoms with Gasteiger partial charge in [-0.3, -0.25) is 4.79 Å². The number of hydrogen-bond donors (Lipinski definition) is 1.